The van der Waals surface area contributed by atoms with Crippen LogP contribution in [-0.2, 0) is 0 Å². The first kappa shape index (κ1) is 16.7. The molecule has 2 heterocycles. The predicted octanol–water partition coefficient (Wildman–Crippen LogP) is 3.86. The van der Waals surface area contributed by atoms with Gasteiger partial charge in [-0.05, 0) is 30.3 Å². The number of aromatic hydroxyl groups is 1. The molecule has 0 fully saturated rings. The monoisotopic (exact) mass is 362 g/mol. The van der Waals surface area contributed by atoms with Crippen molar-refractivity contribution >= 4 is 17.3 Å². The molecule has 0 spiro atoms. The van der Waals surface area contributed by atoms with Crippen LogP contribution >= 0.6 is 0 Å². The molecule has 0 aliphatic rings. The molecule has 2 aromatic heterocycles. The van der Waals surface area contributed by atoms with E-state index >= 15 is 0 Å². The Balaban J connectivity index is 1.81. The minimum atomic E-state index is 0.179. The minimum absolute atomic E-state index is 0.179. The Morgan fingerprint density at radius 2 is 1.85 bits per heavy atom. The van der Waals surface area contributed by atoms with Gasteiger partial charge in [-0.2, -0.15) is 0 Å². The number of phenols is 1. The first-order valence-electron chi connectivity index (χ1n) is 8.30. The highest BCUT2D eigenvalue weighted by Crippen LogP contribution is 2.32. The Morgan fingerprint density at radius 3 is 2.63 bits per heavy atom. The lowest BCUT2D eigenvalue weighted by molar-refractivity contribution is 0.355. The Labute approximate surface area is 155 Å². The number of imidazole rings is 1. The summed E-state index contributed by atoms with van der Waals surface area (Å²) < 4.78 is 12.5. The van der Waals surface area contributed by atoms with Crippen molar-refractivity contribution in [1.29, 1.82) is 0 Å². The molecule has 0 aliphatic heterocycles. The molecule has 0 bridgehead atoms. The standard InChI is InChI=1S/C20H18N4O3/c1-26-17-7-6-13(10-18(17)27-2)16-12-19-21-8-9-24(19)20(23-16)22-14-4-3-5-15(25)11-14/h3-12,25H,1-2H3,(H,22,23). The summed E-state index contributed by atoms with van der Waals surface area (Å²) >= 11 is 0. The summed E-state index contributed by atoms with van der Waals surface area (Å²) in [6.45, 7) is 0. The van der Waals surface area contributed by atoms with Crippen LogP contribution in [0.15, 0.2) is 60.9 Å². The van der Waals surface area contributed by atoms with Gasteiger partial charge in [0.15, 0.2) is 11.5 Å². The molecule has 0 amide bonds. The van der Waals surface area contributed by atoms with Crippen LogP contribution in [0, 0.1) is 0 Å². The van der Waals surface area contributed by atoms with Gasteiger partial charge >= 0.3 is 0 Å². The van der Waals surface area contributed by atoms with Gasteiger partial charge in [0, 0.05) is 35.8 Å². The summed E-state index contributed by atoms with van der Waals surface area (Å²) in [7, 11) is 3.20. The molecule has 7 nitrogen and oxygen atoms in total. The number of ether oxygens (including phenoxy) is 2. The first-order chi connectivity index (χ1) is 13.2. The molecule has 7 heteroatoms. The van der Waals surface area contributed by atoms with Crippen LogP contribution in [0.2, 0.25) is 0 Å². The normalized spacial score (nSPS) is 10.7. The first-order valence-corrected chi connectivity index (χ1v) is 8.30. The number of benzene rings is 2. The van der Waals surface area contributed by atoms with Crippen molar-refractivity contribution < 1.29 is 14.6 Å². The summed E-state index contributed by atoms with van der Waals surface area (Å²) in [4.78, 5) is 9.11. The summed E-state index contributed by atoms with van der Waals surface area (Å²) in [6.07, 6.45) is 3.54. The second-order valence-corrected chi connectivity index (χ2v) is 5.87. The van der Waals surface area contributed by atoms with Crippen molar-refractivity contribution in [3.05, 3.63) is 60.9 Å². The highest BCUT2D eigenvalue weighted by atomic mass is 16.5. The fourth-order valence-electron chi connectivity index (χ4n) is 2.87. The zero-order valence-corrected chi connectivity index (χ0v) is 14.9. The van der Waals surface area contributed by atoms with Gasteiger partial charge in [-0.25, -0.2) is 9.97 Å². The smallest absolute Gasteiger partial charge is 0.213 e. The minimum Gasteiger partial charge on any atom is -0.508 e. The number of fused-ring (bicyclic) bond motifs is 1. The number of phenolic OH excluding ortho intramolecular Hbond substituents is 1. The third kappa shape index (κ3) is 3.22. The number of hydrogen-bond donors (Lipinski definition) is 2. The van der Waals surface area contributed by atoms with E-state index in [1.807, 2.05) is 40.9 Å². The number of methoxy groups -OCH3 is 2. The van der Waals surface area contributed by atoms with Crippen LogP contribution in [0.4, 0.5) is 11.6 Å². The quantitative estimate of drug-likeness (QED) is 0.561. The molecule has 0 atom stereocenters. The highest BCUT2D eigenvalue weighted by Gasteiger charge is 2.12. The molecule has 2 aromatic carbocycles. The second-order valence-electron chi connectivity index (χ2n) is 5.87. The van der Waals surface area contributed by atoms with Gasteiger partial charge in [-0.1, -0.05) is 6.07 Å². The molecule has 0 saturated heterocycles. The van der Waals surface area contributed by atoms with E-state index in [0.717, 1.165) is 22.6 Å². The molecule has 0 radical (unpaired) electrons. The third-order valence-corrected chi connectivity index (χ3v) is 4.17. The Kier molecular flexibility index (Phi) is 4.25. The van der Waals surface area contributed by atoms with Gasteiger partial charge in [-0.3, -0.25) is 4.40 Å². The molecular weight excluding hydrogens is 344 g/mol. The van der Waals surface area contributed by atoms with Crippen molar-refractivity contribution in [2.45, 2.75) is 0 Å². The molecule has 4 aromatic rings. The van der Waals surface area contributed by atoms with E-state index in [1.54, 1.807) is 38.6 Å². The van der Waals surface area contributed by atoms with Crippen molar-refractivity contribution in [3.8, 4) is 28.5 Å². The number of aromatic nitrogens is 3. The number of nitrogens with one attached hydrogen (secondary N) is 1. The Morgan fingerprint density at radius 1 is 1.00 bits per heavy atom. The molecule has 2 N–H and O–H groups in total. The highest BCUT2D eigenvalue weighted by molar-refractivity contribution is 5.70. The molecule has 27 heavy (non-hydrogen) atoms. The molecule has 136 valence electrons. The van der Waals surface area contributed by atoms with Crippen LogP contribution in [0.5, 0.6) is 17.2 Å². The lowest BCUT2D eigenvalue weighted by Crippen LogP contribution is -2.02. The molecule has 0 aliphatic carbocycles. The fourth-order valence-corrected chi connectivity index (χ4v) is 2.87. The van der Waals surface area contributed by atoms with Crippen molar-refractivity contribution in [3.63, 3.8) is 0 Å². The van der Waals surface area contributed by atoms with Crippen LogP contribution in [0.3, 0.4) is 0 Å². The Bertz CT molecular complexity index is 1110. The Hall–Kier alpha value is -3.74. The number of nitrogens with zero attached hydrogens (tertiary/aromatic N) is 3. The average Bonchev–Trinajstić information content (AvgIpc) is 3.16. The van der Waals surface area contributed by atoms with E-state index in [4.69, 9.17) is 14.5 Å². The second kappa shape index (κ2) is 6.87. The summed E-state index contributed by atoms with van der Waals surface area (Å²) in [5.74, 6) is 2.04. The topological polar surface area (TPSA) is 80.9 Å². The maximum absolute atomic E-state index is 9.70. The van der Waals surface area contributed by atoms with Gasteiger partial charge < -0.3 is 19.9 Å². The lowest BCUT2D eigenvalue weighted by Gasteiger charge is -2.12. The van der Waals surface area contributed by atoms with Crippen LogP contribution in [-0.4, -0.2) is 33.7 Å². The fraction of sp³-hybridized carbons (Fsp3) is 0.100. The largest absolute Gasteiger partial charge is 0.508 e. The third-order valence-electron chi connectivity index (χ3n) is 4.17. The number of hydrogen-bond acceptors (Lipinski definition) is 6. The van der Waals surface area contributed by atoms with E-state index < -0.39 is 0 Å². The molecule has 4 rings (SSSR count). The van der Waals surface area contributed by atoms with E-state index in [9.17, 15) is 5.11 Å². The van der Waals surface area contributed by atoms with E-state index in [1.165, 1.54) is 0 Å². The van der Waals surface area contributed by atoms with Crippen LogP contribution < -0.4 is 14.8 Å². The average molecular weight is 362 g/mol. The van der Waals surface area contributed by atoms with Crippen LogP contribution in [0.1, 0.15) is 0 Å². The summed E-state index contributed by atoms with van der Waals surface area (Å²) in [5.41, 5.74) is 3.08. The number of anilines is 2. The van der Waals surface area contributed by atoms with Gasteiger partial charge in [-0.15, -0.1) is 0 Å². The van der Waals surface area contributed by atoms with Crippen molar-refractivity contribution in [2.75, 3.05) is 19.5 Å². The van der Waals surface area contributed by atoms with Gasteiger partial charge in [0.1, 0.15) is 11.4 Å². The van der Waals surface area contributed by atoms with E-state index in [0.29, 0.717) is 17.4 Å². The summed E-state index contributed by atoms with van der Waals surface area (Å²) in [6, 6.07) is 14.4. The lowest BCUT2D eigenvalue weighted by atomic mass is 10.1. The van der Waals surface area contributed by atoms with Gasteiger partial charge in [0.05, 0.1) is 19.9 Å². The predicted molar refractivity (Wildman–Crippen MR) is 103 cm³/mol. The molecular formula is C20H18N4O3. The van der Waals surface area contributed by atoms with Crippen molar-refractivity contribution in [2.24, 2.45) is 0 Å². The van der Waals surface area contributed by atoms with Gasteiger partial charge in [0.2, 0.25) is 5.95 Å². The molecule has 0 unspecified atom stereocenters. The van der Waals surface area contributed by atoms with E-state index in [2.05, 4.69) is 10.3 Å². The number of rotatable bonds is 5. The maximum Gasteiger partial charge on any atom is 0.213 e. The van der Waals surface area contributed by atoms with Gasteiger partial charge in [0.25, 0.3) is 0 Å². The summed E-state index contributed by atoms with van der Waals surface area (Å²) in [5, 5.41) is 12.9. The molecule has 0 saturated carbocycles. The maximum atomic E-state index is 9.70. The van der Waals surface area contributed by atoms with E-state index in [-0.39, 0.29) is 5.75 Å². The zero-order valence-electron chi connectivity index (χ0n) is 14.9. The zero-order chi connectivity index (χ0) is 18.8. The SMILES string of the molecule is COc1ccc(-c2cc3nccn3c(Nc3cccc(O)c3)n2)cc1OC. The van der Waals surface area contributed by atoms with Crippen LogP contribution in [0.25, 0.3) is 16.9 Å². The van der Waals surface area contributed by atoms with Crippen molar-refractivity contribution in [1.82, 2.24) is 14.4 Å².